The van der Waals surface area contributed by atoms with Crippen molar-refractivity contribution >= 4 is 21.6 Å². The second-order valence-electron chi connectivity index (χ2n) is 6.89. The van der Waals surface area contributed by atoms with E-state index < -0.39 is 15.4 Å². The number of benzene rings is 2. The summed E-state index contributed by atoms with van der Waals surface area (Å²) in [6.07, 6.45) is 1.65. The molecule has 2 N–H and O–H groups in total. The Balaban J connectivity index is 1.80. The molecule has 6 heteroatoms. The summed E-state index contributed by atoms with van der Waals surface area (Å²) in [4.78, 5) is 12.5. The van der Waals surface area contributed by atoms with E-state index in [0.717, 1.165) is 24.0 Å². The number of hydrogen-bond acceptors (Lipinski definition) is 3. The van der Waals surface area contributed by atoms with Gasteiger partial charge in [-0.3, -0.25) is 9.52 Å². The van der Waals surface area contributed by atoms with Gasteiger partial charge in [0.15, 0.2) is 0 Å². The van der Waals surface area contributed by atoms with Gasteiger partial charge >= 0.3 is 0 Å². The van der Waals surface area contributed by atoms with Crippen LogP contribution in [-0.4, -0.2) is 20.9 Å². The van der Waals surface area contributed by atoms with Crippen LogP contribution in [0.4, 0.5) is 5.69 Å². The van der Waals surface area contributed by atoms with Crippen LogP contribution in [-0.2, 0) is 20.2 Å². The second-order valence-corrected chi connectivity index (χ2v) is 8.54. The molecule has 1 amide bonds. The fourth-order valence-corrected chi connectivity index (χ4v) is 4.56. The predicted octanol–water partition coefficient (Wildman–Crippen LogP) is 3.27. The molecule has 1 aliphatic rings. The van der Waals surface area contributed by atoms with Crippen molar-refractivity contribution < 1.29 is 13.2 Å². The van der Waals surface area contributed by atoms with Crippen molar-refractivity contribution in [2.75, 3.05) is 11.3 Å². The van der Waals surface area contributed by atoms with Gasteiger partial charge in [0.25, 0.3) is 10.0 Å². The van der Waals surface area contributed by atoms with Crippen LogP contribution in [0, 0.1) is 13.8 Å². The molecule has 0 radical (unpaired) electrons. The average Bonchev–Trinajstić information content (AvgIpc) is 3.37. The molecule has 0 aromatic heterocycles. The molecule has 5 nitrogen and oxygen atoms in total. The summed E-state index contributed by atoms with van der Waals surface area (Å²) in [5.41, 5.74) is 2.70. The molecule has 1 aliphatic carbocycles. The first-order valence-electron chi connectivity index (χ1n) is 8.77. The summed E-state index contributed by atoms with van der Waals surface area (Å²) in [6, 6.07) is 12.4. The number of nitrogens with one attached hydrogen (secondary N) is 2. The third kappa shape index (κ3) is 3.46. The summed E-state index contributed by atoms with van der Waals surface area (Å²) >= 11 is 0. The molecule has 0 spiro atoms. The van der Waals surface area contributed by atoms with E-state index in [1.165, 1.54) is 0 Å². The summed E-state index contributed by atoms with van der Waals surface area (Å²) in [5.74, 6) is 0.0450. The van der Waals surface area contributed by atoms with Gasteiger partial charge in [0.2, 0.25) is 5.91 Å². The van der Waals surface area contributed by atoms with E-state index in [1.807, 2.05) is 32.0 Å². The van der Waals surface area contributed by atoms with Crippen molar-refractivity contribution in [3.63, 3.8) is 0 Å². The first-order valence-corrected chi connectivity index (χ1v) is 10.3. The molecule has 0 saturated heterocycles. The number of carbonyl (C=O) groups excluding carboxylic acids is 1. The highest BCUT2D eigenvalue weighted by atomic mass is 32.2. The summed E-state index contributed by atoms with van der Waals surface area (Å²) in [5, 5.41) is 2.88. The average molecular weight is 372 g/mol. The highest BCUT2D eigenvalue weighted by Gasteiger charge is 2.50. The summed E-state index contributed by atoms with van der Waals surface area (Å²) in [7, 11) is -3.65. The Hall–Kier alpha value is -2.34. The Morgan fingerprint density at radius 1 is 1.08 bits per heavy atom. The van der Waals surface area contributed by atoms with Gasteiger partial charge in [0.05, 0.1) is 10.3 Å². The van der Waals surface area contributed by atoms with Crippen LogP contribution < -0.4 is 10.0 Å². The Labute approximate surface area is 154 Å². The standard InChI is InChI=1S/C20H24N2O3S/c1-4-21-19(23)20(11-12-20)16-6-8-17(9-7-16)22-26(24,25)18-10-5-14(2)13-15(18)3/h5-10,13,22H,4,11-12H2,1-3H3,(H,21,23). The predicted molar refractivity (Wildman–Crippen MR) is 103 cm³/mol. The minimum Gasteiger partial charge on any atom is -0.356 e. The van der Waals surface area contributed by atoms with Gasteiger partial charge in [-0.15, -0.1) is 0 Å². The molecule has 0 atom stereocenters. The van der Waals surface area contributed by atoms with Crippen LogP contribution >= 0.6 is 0 Å². The molecule has 0 heterocycles. The topological polar surface area (TPSA) is 75.3 Å². The maximum atomic E-state index is 12.6. The van der Waals surface area contributed by atoms with Gasteiger partial charge in [-0.25, -0.2) is 8.42 Å². The van der Waals surface area contributed by atoms with E-state index in [2.05, 4.69) is 10.0 Å². The molecule has 138 valence electrons. The Kier molecular flexibility index (Phi) is 4.80. The monoisotopic (exact) mass is 372 g/mol. The van der Waals surface area contributed by atoms with Crippen LogP contribution in [0.25, 0.3) is 0 Å². The highest BCUT2D eigenvalue weighted by Crippen LogP contribution is 2.48. The molecule has 0 aliphatic heterocycles. The number of anilines is 1. The Morgan fingerprint density at radius 3 is 2.27 bits per heavy atom. The molecular formula is C20H24N2O3S. The number of amides is 1. The lowest BCUT2D eigenvalue weighted by Crippen LogP contribution is -2.34. The van der Waals surface area contributed by atoms with E-state index in [4.69, 9.17) is 0 Å². The fraction of sp³-hybridized carbons (Fsp3) is 0.350. The zero-order valence-corrected chi connectivity index (χ0v) is 16.1. The lowest BCUT2D eigenvalue weighted by atomic mass is 9.95. The molecule has 3 rings (SSSR count). The van der Waals surface area contributed by atoms with Gasteiger partial charge in [0, 0.05) is 12.2 Å². The zero-order valence-electron chi connectivity index (χ0n) is 15.3. The molecule has 2 aromatic carbocycles. The fourth-order valence-electron chi connectivity index (χ4n) is 3.27. The smallest absolute Gasteiger partial charge is 0.262 e. The Bertz CT molecular complexity index is 930. The highest BCUT2D eigenvalue weighted by molar-refractivity contribution is 7.92. The molecular weight excluding hydrogens is 348 g/mol. The van der Waals surface area contributed by atoms with Crippen LogP contribution in [0.5, 0.6) is 0 Å². The van der Waals surface area contributed by atoms with Crippen LogP contribution in [0.15, 0.2) is 47.4 Å². The lowest BCUT2D eigenvalue weighted by Gasteiger charge is -2.16. The molecule has 26 heavy (non-hydrogen) atoms. The molecule has 0 unspecified atom stereocenters. The first-order chi connectivity index (χ1) is 12.3. The molecule has 1 fully saturated rings. The number of hydrogen-bond donors (Lipinski definition) is 2. The van der Waals surface area contributed by atoms with Crippen LogP contribution in [0.3, 0.4) is 0 Å². The van der Waals surface area contributed by atoms with Crippen molar-refractivity contribution in [1.82, 2.24) is 5.32 Å². The third-order valence-electron chi connectivity index (χ3n) is 4.83. The zero-order chi connectivity index (χ0) is 18.9. The number of sulfonamides is 1. The van der Waals surface area contributed by atoms with E-state index in [-0.39, 0.29) is 10.8 Å². The minimum atomic E-state index is -3.65. The summed E-state index contributed by atoms with van der Waals surface area (Å²) in [6.45, 7) is 6.22. The van der Waals surface area contributed by atoms with Crippen molar-refractivity contribution in [2.24, 2.45) is 0 Å². The summed E-state index contributed by atoms with van der Waals surface area (Å²) < 4.78 is 27.9. The number of rotatable bonds is 6. The second kappa shape index (κ2) is 6.76. The maximum absolute atomic E-state index is 12.6. The first kappa shape index (κ1) is 18.5. The van der Waals surface area contributed by atoms with Crippen molar-refractivity contribution in [3.05, 3.63) is 59.2 Å². The van der Waals surface area contributed by atoms with E-state index in [1.54, 1.807) is 31.2 Å². The van der Waals surface area contributed by atoms with Crippen molar-refractivity contribution in [2.45, 2.75) is 43.9 Å². The number of aryl methyl sites for hydroxylation is 2. The Morgan fingerprint density at radius 2 is 1.73 bits per heavy atom. The van der Waals surface area contributed by atoms with E-state index >= 15 is 0 Å². The van der Waals surface area contributed by atoms with Gasteiger partial charge < -0.3 is 5.32 Å². The van der Waals surface area contributed by atoms with Crippen molar-refractivity contribution in [1.29, 1.82) is 0 Å². The van der Waals surface area contributed by atoms with Crippen molar-refractivity contribution in [3.8, 4) is 0 Å². The number of carbonyl (C=O) groups is 1. The van der Waals surface area contributed by atoms with Gasteiger partial charge in [0.1, 0.15) is 0 Å². The van der Waals surface area contributed by atoms with Crippen LogP contribution in [0.1, 0.15) is 36.5 Å². The maximum Gasteiger partial charge on any atom is 0.262 e. The van der Waals surface area contributed by atoms with Gasteiger partial charge in [-0.05, 0) is 62.9 Å². The molecule has 2 aromatic rings. The van der Waals surface area contributed by atoms with E-state index in [9.17, 15) is 13.2 Å². The van der Waals surface area contributed by atoms with Crippen LogP contribution in [0.2, 0.25) is 0 Å². The van der Waals surface area contributed by atoms with E-state index in [0.29, 0.717) is 17.8 Å². The number of likely N-dealkylation sites (N-methyl/N-ethyl adjacent to an activating group) is 1. The lowest BCUT2D eigenvalue weighted by molar-refractivity contribution is -0.123. The molecule has 0 bridgehead atoms. The quantitative estimate of drug-likeness (QED) is 0.817. The largest absolute Gasteiger partial charge is 0.356 e. The minimum absolute atomic E-state index is 0.0450. The normalized spacial score (nSPS) is 15.3. The van der Waals surface area contributed by atoms with Gasteiger partial charge in [-0.1, -0.05) is 29.8 Å². The third-order valence-corrected chi connectivity index (χ3v) is 6.37. The SMILES string of the molecule is CCNC(=O)C1(c2ccc(NS(=O)(=O)c3ccc(C)cc3C)cc2)CC1. The molecule has 1 saturated carbocycles. The van der Waals surface area contributed by atoms with Gasteiger partial charge in [-0.2, -0.15) is 0 Å².